The second-order valence-corrected chi connectivity index (χ2v) is 3.17. The first-order chi connectivity index (χ1) is 4.83. The topological polar surface area (TPSA) is 24.1 Å². The standard InChI is InChI=1S/C8H18N2/c1-3-8-4-5-9-6-7(2)10-8/h7-10H,3-6H2,1-2H3/t7-,8?/m1/s1. The normalized spacial score (nSPS) is 35.4. The van der Waals surface area contributed by atoms with E-state index in [-0.39, 0.29) is 0 Å². The molecule has 1 heterocycles. The third kappa shape index (κ3) is 2.27. The van der Waals surface area contributed by atoms with Gasteiger partial charge in [-0.05, 0) is 26.3 Å². The molecular weight excluding hydrogens is 124 g/mol. The molecule has 60 valence electrons. The Balaban J connectivity index is 2.30. The number of hydrogen-bond acceptors (Lipinski definition) is 2. The van der Waals surface area contributed by atoms with Crippen LogP contribution in [0.1, 0.15) is 26.7 Å². The predicted octanol–water partition coefficient (Wildman–Crippen LogP) is 0.736. The van der Waals surface area contributed by atoms with Crippen LogP contribution < -0.4 is 10.6 Å². The highest BCUT2D eigenvalue weighted by atomic mass is 15.0. The molecule has 0 amide bonds. The first kappa shape index (κ1) is 8.02. The maximum Gasteiger partial charge on any atom is 0.0166 e. The fraction of sp³-hybridized carbons (Fsp3) is 1.00. The van der Waals surface area contributed by atoms with Crippen molar-refractivity contribution in [2.24, 2.45) is 0 Å². The van der Waals surface area contributed by atoms with E-state index in [2.05, 4.69) is 24.5 Å². The SMILES string of the molecule is CCC1CCNC[C@@H](C)N1. The van der Waals surface area contributed by atoms with Crippen LogP contribution in [0.3, 0.4) is 0 Å². The lowest BCUT2D eigenvalue weighted by Crippen LogP contribution is -2.37. The van der Waals surface area contributed by atoms with Crippen molar-refractivity contribution in [2.45, 2.75) is 38.8 Å². The molecule has 1 unspecified atom stereocenters. The van der Waals surface area contributed by atoms with Gasteiger partial charge in [-0.15, -0.1) is 0 Å². The molecule has 0 radical (unpaired) electrons. The minimum atomic E-state index is 0.646. The average molecular weight is 142 g/mol. The van der Waals surface area contributed by atoms with E-state index in [1.807, 2.05) is 0 Å². The molecule has 1 rings (SSSR count). The summed E-state index contributed by atoms with van der Waals surface area (Å²) < 4.78 is 0. The Morgan fingerprint density at radius 3 is 3.00 bits per heavy atom. The molecule has 1 saturated heterocycles. The van der Waals surface area contributed by atoms with Crippen LogP contribution in [0.2, 0.25) is 0 Å². The summed E-state index contributed by atoms with van der Waals surface area (Å²) in [5.74, 6) is 0. The summed E-state index contributed by atoms with van der Waals surface area (Å²) in [5.41, 5.74) is 0. The fourth-order valence-electron chi connectivity index (χ4n) is 1.46. The Kier molecular flexibility index (Phi) is 3.16. The van der Waals surface area contributed by atoms with E-state index < -0.39 is 0 Å². The van der Waals surface area contributed by atoms with Crippen LogP contribution in [0, 0.1) is 0 Å². The fourth-order valence-corrected chi connectivity index (χ4v) is 1.46. The van der Waals surface area contributed by atoms with Gasteiger partial charge >= 0.3 is 0 Å². The molecule has 2 atom stereocenters. The van der Waals surface area contributed by atoms with Crippen LogP contribution in [-0.2, 0) is 0 Å². The van der Waals surface area contributed by atoms with Crippen molar-refractivity contribution in [1.29, 1.82) is 0 Å². The maximum atomic E-state index is 3.57. The molecule has 0 spiro atoms. The van der Waals surface area contributed by atoms with Gasteiger partial charge < -0.3 is 10.6 Å². The molecule has 1 aliphatic heterocycles. The molecule has 2 N–H and O–H groups in total. The van der Waals surface area contributed by atoms with Crippen LogP contribution in [0.25, 0.3) is 0 Å². The molecule has 0 aromatic carbocycles. The Hall–Kier alpha value is -0.0800. The van der Waals surface area contributed by atoms with Crippen molar-refractivity contribution in [3.8, 4) is 0 Å². The third-order valence-corrected chi connectivity index (χ3v) is 2.13. The average Bonchev–Trinajstić information content (AvgIpc) is 2.13. The monoisotopic (exact) mass is 142 g/mol. The molecule has 0 saturated carbocycles. The zero-order valence-electron chi connectivity index (χ0n) is 6.98. The second kappa shape index (κ2) is 3.94. The van der Waals surface area contributed by atoms with E-state index in [0.717, 1.165) is 12.6 Å². The molecule has 10 heavy (non-hydrogen) atoms. The lowest BCUT2D eigenvalue weighted by molar-refractivity contribution is 0.453. The number of nitrogens with one attached hydrogen (secondary N) is 2. The van der Waals surface area contributed by atoms with Gasteiger partial charge in [0.1, 0.15) is 0 Å². The van der Waals surface area contributed by atoms with E-state index in [1.165, 1.54) is 19.4 Å². The molecule has 0 bridgehead atoms. The van der Waals surface area contributed by atoms with E-state index >= 15 is 0 Å². The van der Waals surface area contributed by atoms with Gasteiger partial charge in [-0.3, -0.25) is 0 Å². The highest BCUT2D eigenvalue weighted by Crippen LogP contribution is 2.00. The van der Waals surface area contributed by atoms with E-state index in [9.17, 15) is 0 Å². The Morgan fingerprint density at radius 1 is 1.50 bits per heavy atom. The summed E-state index contributed by atoms with van der Waals surface area (Å²) >= 11 is 0. The van der Waals surface area contributed by atoms with Gasteiger partial charge in [0.2, 0.25) is 0 Å². The highest BCUT2D eigenvalue weighted by molar-refractivity contribution is 4.76. The minimum Gasteiger partial charge on any atom is -0.315 e. The first-order valence-corrected chi connectivity index (χ1v) is 4.29. The van der Waals surface area contributed by atoms with E-state index in [1.54, 1.807) is 0 Å². The van der Waals surface area contributed by atoms with E-state index in [0.29, 0.717) is 6.04 Å². The van der Waals surface area contributed by atoms with Gasteiger partial charge in [-0.25, -0.2) is 0 Å². The maximum absolute atomic E-state index is 3.57. The number of rotatable bonds is 1. The summed E-state index contributed by atoms with van der Waals surface area (Å²) in [6.45, 7) is 6.78. The highest BCUT2D eigenvalue weighted by Gasteiger charge is 2.12. The molecule has 0 aliphatic carbocycles. The molecule has 1 fully saturated rings. The second-order valence-electron chi connectivity index (χ2n) is 3.17. The summed E-state index contributed by atoms with van der Waals surface area (Å²) in [6, 6.07) is 1.39. The van der Waals surface area contributed by atoms with Crippen molar-refractivity contribution in [1.82, 2.24) is 10.6 Å². The van der Waals surface area contributed by atoms with Crippen molar-refractivity contribution in [3.63, 3.8) is 0 Å². The third-order valence-electron chi connectivity index (χ3n) is 2.13. The zero-order chi connectivity index (χ0) is 7.40. The number of hydrogen-bond donors (Lipinski definition) is 2. The molecule has 0 aromatic rings. The van der Waals surface area contributed by atoms with Crippen molar-refractivity contribution < 1.29 is 0 Å². The van der Waals surface area contributed by atoms with Crippen molar-refractivity contribution in [2.75, 3.05) is 13.1 Å². The lowest BCUT2D eigenvalue weighted by atomic mass is 10.1. The zero-order valence-corrected chi connectivity index (χ0v) is 6.98. The van der Waals surface area contributed by atoms with Gasteiger partial charge in [-0.2, -0.15) is 0 Å². The van der Waals surface area contributed by atoms with Crippen LogP contribution in [0.5, 0.6) is 0 Å². The molecule has 2 nitrogen and oxygen atoms in total. The molecule has 0 aromatic heterocycles. The van der Waals surface area contributed by atoms with Crippen LogP contribution in [0.15, 0.2) is 0 Å². The summed E-state index contributed by atoms with van der Waals surface area (Å²) in [7, 11) is 0. The van der Waals surface area contributed by atoms with Crippen molar-refractivity contribution in [3.05, 3.63) is 0 Å². The van der Waals surface area contributed by atoms with Crippen LogP contribution in [-0.4, -0.2) is 25.2 Å². The quantitative estimate of drug-likeness (QED) is 0.564. The van der Waals surface area contributed by atoms with E-state index in [4.69, 9.17) is 0 Å². The Labute approximate surface area is 63.4 Å². The summed E-state index contributed by atoms with van der Waals surface area (Å²) in [4.78, 5) is 0. The first-order valence-electron chi connectivity index (χ1n) is 4.29. The Bertz CT molecular complexity index is 93.3. The van der Waals surface area contributed by atoms with Gasteiger partial charge in [-0.1, -0.05) is 6.92 Å². The predicted molar refractivity (Wildman–Crippen MR) is 44.2 cm³/mol. The van der Waals surface area contributed by atoms with Crippen molar-refractivity contribution >= 4 is 0 Å². The lowest BCUT2D eigenvalue weighted by Gasteiger charge is -2.16. The van der Waals surface area contributed by atoms with Crippen LogP contribution in [0.4, 0.5) is 0 Å². The smallest absolute Gasteiger partial charge is 0.0166 e. The summed E-state index contributed by atoms with van der Waals surface area (Å²) in [6.07, 6.45) is 2.53. The van der Waals surface area contributed by atoms with Gasteiger partial charge in [0.05, 0.1) is 0 Å². The minimum absolute atomic E-state index is 0.646. The van der Waals surface area contributed by atoms with Crippen LogP contribution >= 0.6 is 0 Å². The summed E-state index contributed by atoms with van der Waals surface area (Å²) in [5, 5.41) is 6.96. The van der Waals surface area contributed by atoms with Gasteiger partial charge in [0.15, 0.2) is 0 Å². The molecule has 2 heteroatoms. The van der Waals surface area contributed by atoms with Gasteiger partial charge in [0.25, 0.3) is 0 Å². The van der Waals surface area contributed by atoms with Gasteiger partial charge in [0, 0.05) is 18.6 Å². The Morgan fingerprint density at radius 2 is 2.30 bits per heavy atom. The molecule has 1 aliphatic rings. The molecular formula is C8H18N2. The largest absolute Gasteiger partial charge is 0.315 e.